The van der Waals surface area contributed by atoms with Crippen LogP contribution in [0, 0.1) is 5.82 Å². The van der Waals surface area contributed by atoms with Gasteiger partial charge in [-0.15, -0.1) is 0 Å². The SMILES string of the molecule is CCCc1ccc(NCc2cccc(F)c2)cc1. The van der Waals surface area contributed by atoms with Crippen LogP contribution in [0.2, 0.25) is 0 Å². The predicted molar refractivity (Wildman–Crippen MR) is 74.2 cm³/mol. The van der Waals surface area contributed by atoms with Crippen LogP contribution in [0.5, 0.6) is 0 Å². The van der Waals surface area contributed by atoms with Crippen molar-refractivity contribution in [3.63, 3.8) is 0 Å². The number of anilines is 1. The van der Waals surface area contributed by atoms with Crippen molar-refractivity contribution in [2.75, 3.05) is 5.32 Å². The van der Waals surface area contributed by atoms with Crippen molar-refractivity contribution < 1.29 is 4.39 Å². The zero-order chi connectivity index (χ0) is 12.8. The van der Waals surface area contributed by atoms with E-state index in [1.807, 2.05) is 6.07 Å². The van der Waals surface area contributed by atoms with E-state index in [0.717, 1.165) is 24.1 Å². The van der Waals surface area contributed by atoms with E-state index in [9.17, 15) is 4.39 Å². The van der Waals surface area contributed by atoms with E-state index in [1.54, 1.807) is 12.1 Å². The molecule has 2 aromatic rings. The first kappa shape index (κ1) is 12.6. The van der Waals surface area contributed by atoms with Gasteiger partial charge < -0.3 is 5.32 Å². The second kappa shape index (κ2) is 6.20. The summed E-state index contributed by atoms with van der Waals surface area (Å²) in [5, 5.41) is 3.29. The summed E-state index contributed by atoms with van der Waals surface area (Å²) in [6, 6.07) is 15.1. The molecule has 94 valence electrons. The highest BCUT2D eigenvalue weighted by molar-refractivity contribution is 5.45. The molecular weight excluding hydrogens is 225 g/mol. The minimum atomic E-state index is -0.187. The summed E-state index contributed by atoms with van der Waals surface area (Å²) in [6.07, 6.45) is 2.28. The fourth-order valence-corrected chi connectivity index (χ4v) is 1.93. The smallest absolute Gasteiger partial charge is 0.123 e. The second-order valence-corrected chi connectivity index (χ2v) is 4.43. The van der Waals surface area contributed by atoms with Crippen LogP contribution in [0.15, 0.2) is 48.5 Å². The molecule has 0 aliphatic carbocycles. The first-order chi connectivity index (χ1) is 8.78. The van der Waals surface area contributed by atoms with Gasteiger partial charge in [0.05, 0.1) is 0 Å². The minimum Gasteiger partial charge on any atom is -0.381 e. The van der Waals surface area contributed by atoms with Gasteiger partial charge in [0.1, 0.15) is 5.82 Å². The third kappa shape index (κ3) is 3.59. The summed E-state index contributed by atoms with van der Waals surface area (Å²) in [4.78, 5) is 0. The Hall–Kier alpha value is -1.83. The van der Waals surface area contributed by atoms with Crippen molar-refractivity contribution in [3.8, 4) is 0 Å². The maximum atomic E-state index is 13.0. The molecule has 0 spiro atoms. The van der Waals surface area contributed by atoms with Crippen LogP contribution in [0.4, 0.5) is 10.1 Å². The van der Waals surface area contributed by atoms with E-state index in [-0.39, 0.29) is 5.82 Å². The van der Waals surface area contributed by atoms with Gasteiger partial charge in [-0.3, -0.25) is 0 Å². The summed E-state index contributed by atoms with van der Waals surface area (Å²) in [6.45, 7) is 2.82. The topological polar surface area (TPSA) is 12.0 Å². The van der Waals surface area contributed by atoms with Crippen LogP contribution in [-0.4, -0.2) is 0 Å². The standard InChI is InChI=1S/C16H18FN/c1-2-4-13-7-9-16(10-8-13)18-12-14-5-3-6-15(17)11-14/h3,5-11,18H,2,4,12H2,1H3. The largest absolute Gasteiger partial charge is 0.381 e. The zero-order valence-electron chi connectivity index (χ0n) is 10.6. The summed E-state index contributed by atoms with van der Waals surface area (Å²) in [5.41, 5.74) is 3.38. The maximum Gasteiger partial charge on any atom is 0.123 e. The lowest BCUT2D eigenvalue weighted by atomic mass is 10.1. The van der Waals surface area contributed by atoms with Gasteiger partial charge in [0.2, 0.25) is 0 Å². The Labute approximate surface area is 108 Å². The van der Waals surface area contributed by atoms with E-state index < -0.39 is 0 Å². The fourth-order valence-electron chi connectivity index (χ4n) is 1.93. The molecule has 0 unspecified atom stereocenters. The highest BCUT2D eigenvalue weighted by atomic mass is 19.1. The molecule has 1 nitrogen and oxygen atoms in total. The van der Waals surface area contributed by atoms with Gasteiger partial charge >= 0.3 is 0 Å². The third-order valence-corrected chi connectivity index (χ3v) is 2.88. The molecule has 0 fully saturated rings. The molecule has 2 aromatic carbocycles. The average molecular weight is 243 g/mol. The van der Waals surface area contributed by atoms with Crippen LogP contribution >= 0.6 is 0 Å². The lowest BCUT2D eigenvalue weighted by Crippen LogP contribution is -1.99. The highest BCUT2D eigenvalue weighted by Crippen LogP contribution is 2.13. The zero-order valence-corrected chi connectivity index (χ0v) is 10.6. The number of benzene rings is 2. The van der Waals surface area contributed by atoms with Crippen LogP contribution in [0.3, 0.4) is 0 Å². The van der Waals surface area contributed by atoms with Crippen molar-refractivity contribution in [2.45, 2.75) is 26.3 Å². The predicted octanol–water partition coefficient (Wildman–Crippen LogP) is 4.39. The normalized spacial score (nSPS) is 10.3. The lowest BCUT2D eigenvalue weighted by molar-refractivity contribution is 0.626. The Morgan fingerprint density at radius 1 is 1.00 bits per heavy atom. The molecule has 18 heavy (non-hydrogen) atoms. The van der Waals surface area contributed by atoms with E-state index >= 15 is 0 Å². The molecule has 0 atom stereocenters. The van der Waals surface area contributed by atoms with Crippen molar-refractivity contribution in [2.24, 2.45) is 0 Å². The first-order valence-electron chi connectivity index (χ1n) is 6.35. The Morgan fingerprint density at radius 2 is 1.78 bits per heavy atom. The Morgan fingerprint density at radius 3 is 2.44 bits per heavy atom. The molecule has 0 amide bonds. The number of halogens is 1. The third-order valence-electron chi connectivity index (χ3n) is 2.88. The molecule has 1 N–H and O–H groups in total. The van der Waals surface area contributed by atoms with E-state index in [0.29, 0.717) is 6.54 Å². The molecule has 0 aromatic heterocycles. The summed E-state index contributed by atoms with van der Waals surface area (Å²) < 4.78 is 13.0. The second-order valence-electron chi connectivity index (χ2n) is 4.43. The monoisotopic (exact) mass is 243 g/mol. The van der Waals surface area contributed by atoms with Gasteiger partial charge in [-0.1, -0.05) is 37.6 Å². The van der Waals surface area contributed by atoms with Gasteiger partial charge in [0, 0.05) is 12.2 Å². The molecule has 0 bridgehead atoms. The lowest BCUT2D eigenvalue weighted by Gasteiger charge is -2.07. The summed E-state index contributed by atoms with van der Waals surface area (Å²) in [7, 11) is 0. The molecule has 2 heteroatoms. The van der Waals surface area contributed by atoms with Crippen LogP contribution < -0.4 is 5.32 Å². The quantitative estimate of drug-likeness (QED) is 0.821. The summed E-state index contributed by atoms with van der Waals surface area (Å²) in [5.74, 6) is -0.187. The van der Waals surface area contributed by atoms with Crippen molar-refractivity contribution in [3.05, 3.63) is 65.5 Å². The Balaban J connectivity index is 1.93. The van der Waals surface area contributed by atoms with E-state index in [4.69, 9.17) is 0 Å². The van der Waals surface area contributed by atoms with Gasteiger partial charge in [-0.05, 0) is 41.8 Å². The molecule has 0 radical (unpaired) electrons. The van der Waals surface area contributed by atoms with Crippen LogP contribution in [-0.2, 0) is 13.0 Å². The Bertz CT molecular complexity index is 491. The number of hydrogen-bond donors (Lipinski definition) is 1. The number of hydrogen-bond acceptors (Lipinski definition) is 1. The highest BCUT2D eigenvalue weighted by Gasteiger charge is 1.96. The number of rotatable bonds is 5. The number of aryl methyl sites for hydroxylation is 1. The van der Waals surface area contributed by atoms with Gasteiger partial charge in [-0.25, -0.2) is 4.39 Å². The van der Waals surface area contributed by atoms with Gasteiger partial charge in [0.15, 0.2) is 0 Å². The minimum absolute atomic E-state index is 0.187. The molecule has 0 saturated heterocycles. The van der Waals surface area contributed by atoms with Crippen LogP contribution in [0.1, 0.15) is 24.5 Å². The molecule has 0 aliphatic rings. The molecule has 0 saturated carbocycles. The van der Waals surface area contributed by atoms with Gasteiger partial charge in [0.25, 0.3) is 0 Å². The maximum absolute atomic E-state index is 13.0. The molecule has 0 aliphatic heterocycles. The van der Waals surface area contributed by atoms with E-state index in [1.165, 1.54) is 11.6 Å². The first-order valence-corrected chi connectivity index (χ1v) is 6.35. The van der Waals surface area contributed by atoms with Crippen LogP contribution in [0.25, 0.3) is 0 Å². The average Bonchev–Trinajstić information content (AvgIpc) is 2.38. The fraction of sp³-hybridized carbons (Fsp3) is 0.250. The molecule has 0 heterocycles. The van der Waals surface area contributed by atoms with E-state index in [2.05, 4.69) is 36.5 Å². The number of nitrogens with one attached hydrogen (secondary N) is 1. The van der Waals surface area contributed by atoms with Crippen molar-refractivity contribution in [1.29, 1.82) is 0 Å². The van der Waals surface area contributed by atoms with Crippen molar-refractivity contribution in [1.82, 2.24) is 0 Å². The molecular formula is C16H18FN. The van der Waals surface area contributed by atoms with Gasteiger partial charge in [-0.2, -0.15) is 0 Å². The summed E-state index contributed by atoms with van der Waals surface area (Å²) >= 11 is 0. The van der Waals surface area contributed by atoms with Crippen molar-refractivity contribution >= 4 is 5.69 Å². The molecule has 2 rings (SSSR count). The Kier molecular flexibility index (Phi) is 4.35.